The van der Waals surface area contributed by atoms with Crippen LogP contribution in [0.4, 0.5) is 5.82 Å². The highest BCUT2D eigenvalue weighted by molar-refractivity contribution is 9.10. The van der Waals surface area contributed by atoms with Crippen molar-refractivity contribution in [3.8, 4) is 0 Å². The molecule has 0 aliphatic heterocycles. The van der Waals surface area contributed by atoms with Crippen molar-refractivity contribution in [1.82, 2.24) is 9.29 Å². The van der Waals surface area contributed by atoms with Crippen LogP contribution in [0.1, 0.15) is 27.7 Å². The van der Waals surface area contributed by atoms with E-state index < -0.39 is 10.0 Å². The predicted molar refractivity (Wildman–Crippen MR) is 83.6 cm³/mol. The quantitative estimate of drug-likeness (QED) is 0.596. The van der Waals surface area contributed by atoms with Gasteiger partial charge in [0.25, 0.3) is 0 Å². The number of anilines is 1. The number of nitrogens with zero attached hydrogens (tertiary/aromatic N) is 2. The molecule has 0 atom stereocenters. The Balaban J connectivity index is 3.36. The van der Waals surface area contributed by atoms with Crippen LogP contribution in [0.3, 0.4) is 0 Å². The number of nitrogens with one attached hydrogen (secondary N) is 1. The van der Waals surface area contributed by atoms with Gasteiger partial charge in [-0.1, -0.05) is 13.8 Å². The van der Waals surface area contributed by atoms with Gasteiger partial charge in [0, 0.05) is 23.3 Å². The van der Waals surface area contributed by atoms with Crippen molar-refractivity contribution in [2.45, 2.75) is 38.6 Å². The Morgan fingerprint density at radius 2 is 2.00 bits per heavy atom. The molecule has 0 fully saturated rings. The van der Waals surface area contributed by atoms with E-state index in [1.54, 1.807) is 0 Å². The van der Waals surface area contributed by atoms with Gasteiger partial charge in [-0.3, -0.25) is 0 Å². The Morgan fingerprint density at radius 3 is 2.45 bits per heavy atom. The molecule has 0 aliphatic rings. The van der Waals surface area contributed by atoms with Gasteiger partial charge >= 0.3 is 0 Å². The summed E-state index contributed by atoms with van der Waals surface area (Å²) < 4.78 is 27.7. The molecule has 114 valence electrons. The van der Waals surface area contributed by atoms with Crippen molar-refractivity contribution < 1.29 is 8.42 Å². The molecule has 0 spiro atoms. The first kappa shape index (κ1) is 17.4. The molecule has 0 amide bonds. The fourth-order valence-electron chi connectivity index (χ4n) is 1.80. The standard InChI is InChI=1S/C12H21BrN4O2S/c1-8(2)7-17(9(3)4)20(18,19)11-5-10(13)6-15-12(11)16-14/h5-6,8-9H,7,14H2,1-4H3,(H,15,16). The van der Waals surface area contributed by atoms with Crippen molar-refractivity contribution in [2.75, 3.05) is 12.0 Å². The van der Waals surface area contributed by atoms with E-state index in [4.69, 9.17) is 5.84 Å². The lowest BCUT2D eigenvalue weighted by molar-refractivity contribution is 0.319. The topological polar surface area (TPSA) is 88.3 Å². The van der Waals surface area contributed by atoms with E-state index in [1.807, 2.05) is 27.7 Å². The number of rotatable bonds is 6. The number of hydrazine groups is 1. The minimum absolute atomic E-state index is 0.0729. The molecule has 6 nitrogen and oxygen atoms in total. The average molecular weight is 365 g/mol. The Hall–Kier alpha value is -0.700. The maximum atomic E-state index is 12.8. The average Bonchev–Trinajstić information content (AvgIpc) is 2.35. The first-order valence-electron chi connectivity index (χ1n) is 6.34. The van der Waals surface area contributed by atoms with E-state index in [0.29, 0.717) is 11.0 Å². The molecule has 1 aromatic heterocycles. The molecule has 20 heavy (non-hydrogen) atoms. The van der Waals surface area contributed by atoms with Crippen molar-refractivity contribution in [3.05, 3.63) is 16.7 Å². The molecule has 0 unspecified atom stereocenters. The number of hydrogen-bond donors (Lipinski definition) is 2. The number of aromatic nitrogens is 1. The minimum atomic E-state index is -3.66. The van der Waals surface area contributed by atoms with Gasteiger partial charge in [-0.15, -0.1) is 0 Å². The second kappa shape index (κ2) is 6.84. The van der Waals surface area contributed by atoms with Gasteiger partial charge in [-0.25, -0.2) is 19.2 Å². The van der Waals surface area contributed by atoms with Crippen LogP contribution in [0.25, 0.3) is 0 Å². The van der Waals surface area contributed by atoms with Crippen LogP contribution in [0.15, 0.2) is 21.6 Å². The summed E-state index contributed by atoms with van der Waals surface area (Å²) in [7, 11) is -3.66. The number of halogens is 1. The summed E-state index contributed by atoms with van der Waals surface area (Å²) in [6.45, 7) is 8.09. The van der Waals surface area contributed by atoms with E-state index >= 15 is 0 Å². The number of sulfonamides is 1. The number of nitrogen functional groups attached to an aromatic ring is 1. The zero-order chi connectivity index (χ0) is 15.5. The molecule has 0 bridgehead atoms. The Bertz CT molecular complexity index is 561. The molecule has 1 aromatic rings. The van der Waals surface area contributed by atoms with Gasteiger partial charge in [-0.05, 0) is 41.8 Å². The second-order valence-corrected chi connectivity index (χ2v) is 7.98. The Kier molecular flexibility index (Phi) is 5.93. The van der Waals surface area contributed by atoms with Gasteiger partial charge in [0.2, 0.25) is 10.0 Å². The maximum absolute atomic E-state index is 12.8. The number of hydrogen-bond acceptors (Lipinski definition) is 5. The fraction of sp³-hybridized carbons (Fsp3) is 0.583. The lowest BCUT2D eigenvalue weighted by atomic mass is 10.2. The van der Waals surface area contributed by atoms with Gasteiger partial charge in [-0.2, -0.15) is 4.31 Å². The summed E-state index contributed by atoms with van der Waals surface area (Å²) in [5.74, 6) is 5.73. The van der Waals surface area contributed by atoms with E-state index in [-0.39, 0.29) is 22.7 Å². The smallest absolute Gasteiger partial charge is 0.247 e. The molecular formula is C12H21BrN4O2S. The summed E-state index contributed by atoms with van der Waals surface area (Å²) in [6, 6.07) is 1.36. The van der Waals surface area contributed by atoms with E-state index in [1.165, 1.54) is 16.6 Å². The molecule has 1 rings (SSSR count). The molecule has 1 heterocycles. The molecular weight excluding hydrogens is 344 g/mol. The SMILES string of the molecule is CC(C)CN(C(C)C)S(=O)(=O)c1cc(Br)cnc1NN. The third-order valence-corrected chi connectivity index (χ3v) is 5.15. The highest BCUT2D eigenvalue weighted by Crippen LogP contribution is 2.27. The second-order valence-electron chi connectivity index (χ2n) is 5.21. The zero-order valence-corrected chi connectivity index (χ0v) is 14.5. The minimum Gasteiger partial charge on any atom is -0.307 e. The van der Waals surface area contributed by atoms with Crippen LogP contribution >= 0.6 is 15.9 Å². The summed E-state index contributed by atoms with van der Waals surface area (Å²) in [5.41, 5.74) is 2.34. The molecule has 0 aliphatic carbocycles. The van der Waals surface area contributed by atoms with Gasteiger partial charge in [0.05, 0.1) is 0 Å². The van der Waals surface area contributed by atoms with Crippen molar-refractivity contribution in [2.24, 2.45) is 11.8 Å². The summed E-state index contributed by atoms with van der Waals surface area (Å²) in [4.78, 5) is 4.07. The molecule has 3 N–H and O–H groups in total. The fourth-order valence-corrected chi connectivity index (χ4v) is 4.22. The largest absolute Gasteiger partial charge is 0.307 e. The monoisotopic (exact) mass is 364 g/mol. The lowest BCUT2D eigenvalue weighted by Crippen LogP contribution is -2.40. The van der Waals surface area contributed by atoms with Crippen LogP contribution < -0.4 is 11.3 Å². The first-order valence-corrected chi connectivity index (χ1v) is 8.57. The molecule has 0 saturated heterocycles. The Labute approximate surface area is 128 Å². The summed E-state index contributed by atoms with van der Waals surface area (Å²) in [6.07, 6.45) is 1.50. The first-order chi connectivity index (χ1) is 9.20. The lowest BCUT2D eigenvalue weighted by Gasteiger charge is -2.28. The van der Waals surface area contributed by atoms with Gasteiger partial charge in [0.1, 0.15) is 4.90 Å². The number of nitrogens with two attached hydrogens (primary N) is 1. The van der Waals surface area contributed by atoms with Crippen molar-refractivity contribution in [3.63, 3.8) is 0 Å². The third kappa shape index (κ3) is 3.91. The van der Waals surface area contributed by atoms with Crippen LogP contribution in [-0.4, -0.2) is 30.3 Å². The maximum Gasteiger partial charge on any atom is 0.247 e. The molecule has 0 radical (unpaired) electrons. The summed E-state index contributed by atoms with van der Waals surface area (Å²) in [5, 5.41) is 0. The van der Waals surface area contributed by atoms with Crippen LogP contribution in [-0.2, 0) is 10.0 Å². The van der Waals surface area contributed by atoms with Crippen LogP contribution in [0, 0.1) is 5.92 Å². The zero-order valence-electron chi connectivity index (χ0n) is 12.1. The van der Waals surface area contributed by atoms with Crippen molar-refractivity contribution >= 4 is 31.8 Å². The van der Waals surface area contributed by atoms with Gasteiger partial charge in [0.15, 0.2) is 5.82 Å². The summed E-state index contributed by atoms with van der Waals surface area (Å²) >= 11 is 3.24. The van der Waals surface area contributed by atoms with E-state index in [9.17, 15) is 8.42 Å². The Morgan fingerprint density at radius 1 is 1.40 bits per heavy atom. The molecule has 0 saturated carbocycles. The normalized spacial score (nSPS) is 12.4. The van der Waals surface area contributed by atoms with Crippen LogP contribution in [0.2, 0.25) is 0 Å². The molecule has 0 aromatic carbocycles. The third-order valence-electron chi connectivity index (χ3n) is 2.66. The highest BCUT2D eigenvalue weighted by Gasteiger charge is 2.30. The van der Waals surface area contributed by atoms with E-state index in [0.717, 1.165) is 0 Å². The molecule has 8 heteroatoms. The van der Waals surface area contributed by atoms with Crippen LogP contribution in [0.5, 0.6) is 0 Å². The van der Waals surface area contributed by atoms with Gasteiger partial charge < -0.3 is 5.43 Å². The van der Waals surface area contributed by atoms with E-state index in [2.05, 4.69) is 26.3 Å². The highest BCUT2D eigenvalue weighted by atomic mass is 79.9. The predicted octanol–water partition coefficient (Wildman–Crippen LogP) is 2.18. The van der Waals surface area contributed by atoms with Crippen molar-refractivity contribution in [1.29, 1.82) is 0 Å². The number of pyridine rings is 1.